The molecule has 0 aliphatic carbocycles. The summed E-state index contributed by atoms with van der Waals surface area (Å²) in [7, 11) is 0. The van der Waals surface area contributed by atoms with Crippen LogP contribution in [0.3, 0.4) is 0 Å². The van der Waals surface area contributed by atoms with Gasteiger partial charge in [0.25, 0.3) is 0 Å². The van der Waals surface area contributed by atoms with Crippen molar-refractivity contribution in [1.29, 1.82) is 0 Å². The van der Waals surface area contributed by atoms with E-state index in [0.29, 0.717) is 17.9 Å². The third-order valence-electron chi connectivity index (χ3n) is 7.55. The van der Waals surface area contributed by atoms with Gasteiger partial charge in [0, 0.05) is 29.6 Å². The summed E-state index contributed by atoms with van der Waals surface area (Å²) >= 11 is 0. The van der Waals surface area contributed by atoms with Crippen molar-refractivity contribution in [2.45, 2.75) is 32.7 Å². The van der Waals surface area contributed by atoms with Gasteiger partial charge in [-0.25, -0.2) is 8.78 Å². The molecule has 0 aliphatic rings. The maximum atomic E-state index is 13.8. The molecule has 1 amide bonds. The van der Waals surface area contributed by atoms with E-state index in [1.165, 1.54) is 24.3 Å². The van der Waals surface area contributed by atoms with Gasteiger partial charge in [-0.15, -0.1) is 0 Å². The molecule has 0 atom stereocenters. The molecule has 1 heterocycles. The first-order valence-electron chi connectivity index (χ1n) is 14.8. The maximum absolute atomic E-state index is 13.8. The number of nitrogens with zero attached hydrogens (tertiary/aromatic N) is 1. The molecule has 8 heteroatoms. The summed E-state index contributed by atoms with van der Waals surface area (Å²) < 4.78 is 35.4. The Balaban J connectivity index is 1.43. The minimum atomic E-state index is -0.887. The van der Waals surface area contributed by atoms with Crippen molar-refractivity contribution in [3.8, 4) is 5.75 Å². The molecule has 1 aromatic heterocycles. The SMILES string of the molecule is CC(C)/C(=C/C(=O)Nc1ccccc1OCCCC(=O)O)c1ccc2c(ccn2C(c2ccc(F)cc2)c2ccc(F)cc2)c1. The second-order valence-corrected chi connectivity index (χ2v) is 11.1. The van der Waals surface area contributed by atoms with Crippen LogP contribution in [-0.2, 0) is 9.59 Å². The number of carbonyl (C=O) groups is 2. The smallest absolute Gasteiger partial charge is 0.303 e. The summed E-state index contributed by atoms with van der Waals surface area (Å²) in [5.74, 6) is -1.36. The molecule has 4 aromatic carbocycles. The number of carboxylic acid groups (broad SMARTS) is 1. The highest BCUT2D eigenvalue weighted by Gasteiger charge is 2.20. The van der Waals surface area contributed by atoms with Crippen LogP contribution in [-0.4, -0.2) is 28.2 Å². The fourth-order valence-electron chi connectivity index (χ4n) is 5.37. The van der Waals surface area contributed by atoms with Crippen LogP contribution in [0.4, 0.5) is 14.5 Å². The van der Waals surface area contributed by atoms with E-state index in [1.54, 1.807) is 54.6 Å². The highest BCUT2D eigenvalue weighted by Crippen LogP contribution is 2.34. The monoisotopic (exact) mass is 608 g/mol. The number of carboxylic acids is 1. The fraction of sp³-hybridized carbons (Fsp3) is 0.189. The van der Waals surface area contributed by atoms with Crippen LogP contribution in [0, 0.1) is 17.6 Å². The Morgan fingerprint density at radius 1 is 0.889 bits per heavy atom. The van der Waals surface area contributed by atoms with Gasteiger partial charge in [-0.1, -0.05) is 56.3 Å². The molecule has 0 fully saturated rings. The van der Waals surface area contributed by atoms with Gasteiger partial charge in [0.05, 0.1) is 18.3 Å². The van der Waals surface area contributed by atoms with Crippen molar-refractivity contribution < 1.29 is 28.2 Å². The molecule has 5 aromatic rings. The highest BCUT2D eigenvalue weighted by molar-refractivity contribution is 6.05. The Labute approximate surface area is 260 Å². The number of anilines is 1. The Morgan fingerprint density at radius 2 is 1.53 bits per heavy atom. The number of rotatable bonds is 12. The van der Waals surface area contributed by atoms with E-state index >= 15 is 0 Å². The normalized spacial score (nSPS) is 11.7. The number of halogens is 2. The van der Waals surface area contributed by atoms with Gasteiger partial charge in [-0.2, -0.15) is 0 Å². The van der Waals surface area contributed by atoms with Gasteiger partial charge < -0.3 is 19.7 Å². The summed E-state index contributed by atoms with van der Waals surface area (Å²) in [4.78, 5) is 24.0. The largest absolute Gasteiger partial charge is 0.491 e. The number of nitrogens with one attached hydrogen (secondary N) is 1. The number of aliphatic carboxylic acids is 1. The number of fused-ring (bicyclic) bond motifs is 1. The van der Waals surface area contributed by atoms with Crippen molar-refractivity contribution in [3.05, 3.63) is 138 Å². The number of allylic oxidation sites excluding steroid dienone is 1. The number of benzene rings is 4. The molecule has 0 aliphatic heterocycles. The lowest BCUT2D eigenvalue weighted by Crippen LogP contribution is -2.12. The van der Waals surface area contributed by atoms with E-state index < -0.39 is 5.97 Å². The van der Waals surface area contributed by atoms with Crippen LogP contribution in [0.25, 0.3) is 16.5 Å². The molecule has 0 saturated heterocycles. The molecule has 6 nitrogen and oxygen atoms in total. The Bertz CT molecular complexity index is 1780. The zero-order valence-electron chi connectivity index (χ0n) is 25.0. The van der Waals surface area contributed by atoms with Gasteiger partial charge in [0.1, 0.15) is 17.4 Å². The Morgan fingerprint density at radius 3 is 2.16 bits per heavy atom. The zero-order chi connectivity index (χ0) is 31.9. The van der Waals surface area contributed by atoms with Gasteiger partial charge in [-0.3, -0.25) is 9.59 Å². The van der Waals surface area contributed by atoms with Crippen LogP contribution in [0.1, 0.15) is 49.4 Å². The van der Waals surface area contributed by atoms with Crippen molar-refractivity contribution >= 4 is 34.0 Å². The zero-order valence-corrected chi connectivity index (χ0v) is 25.0. The topological polar surface area (TPSA) is 80.6 Å². The third-order valence-corrected chi connectivity index (χ3v) is 7.55. The Hall–Kier alpha value is -5.24. The molecule has 5 rings (SSSR count). The molecule has 0 bridgehead atoms. The molecule has 230 valence electrons. The molecule has 2 N–H and O–H groups in total. The number of hydrogen-bond donors (Lipinski definition) is 2. The molecule has 0 unspecified atom stereocenters. The molecule has 0 saturated carbocycles. The maximum Gasteiger partial charge on any atom is 0.303 e. The van der Waals surface area contributed by atoms with E-state index in [0.717, 1.165) is 33.2 Å². The van der Waals surface area contributed by atoms with E-state index in [9.17, 15) is 18.4 Å². The van der Waals surface area contributed by atoms with Gasteiger partial charge >= 0.3 is 5.97 Å². The van der Waals surface area contributed by atoms with Crippen LogP contribution < -0.4 is 10.1 Å². The number of carbonyl (C=O) groups excluding carboxylic acids is 1. The summed E-state index contributed by atoms with van der Waals surface area (Å²) in [6, 6.07) is 27.4. The van der Waals surface area contributed by atoms with Crippen molar-refractivity contribution in [3.63, 3.8) is 0 Å². The lowest BCUT2D eigenvalue weighted by atomic mass is 9.93. The molecule has 45 heavy (non-hydrogen) atoms. The standard InChI is InChI=1S/C37H34F2N2O4/c1-24(2)31(23-35(42)40-32-6-3-4-7-34(32)45-21-5-8-36(43)44)27-13-18-33-28(22-27)19-20-41(33)37(25-9-14-29(38)15-10-25)26-11-16-30(39)17-12-26/h3-4,6-7,9-20,22-24,37H,5,8,21H2,1-2H3,(H,40,42)(H,43,44)/b31-23-. The molecular weight excluding hydrogens is 574 g/mol. The highest BCUT2D eigenvalue weighted by atomic mass is 19.1. The summed E-state index contributed by atoms with van der Waals surface area (Å²) in [5.41, 5.74) is 4.88. The van der Waals surface area contributed by atoms with Gasteiger partial charge in [0.2, 0.25) is 5.91 Å². The molecule has 0 radical (unpaired) electrons. The predicted octanol–water partition coefficient (Wildman–Crippen LogP) is 8.48. The van der Waals surface area contributed by atoms with Crippen LogP contribution >= 0.6 is 0 Å². The molecule has 0 spiro atoms. The number of ether oxygens (including phenoxy) is 1. The van der Waals surface area contributed by atoms with Gasteiger partial charge in [-0.05, 0) is 89.2 Å². The van der Waals surface area contributed by atoms with Crippen LogP contribution in [0.2, 0.25) is 0 Å². The number of para-hydroxylation sites is 2. The second-order valence-electron chi connectivity index (χ2n) is 11.1. The van der Waals surface area contributed by atoms with Crippen molar-refractivity contribution in [2.75, 3.05) is 11.9 Å². The van der Waals surface area contributed by atoms with E-state index in [2.05, 4.69) is 9.88 Å². The minimum Gasteiger partial charge on any atom is -0.491 e. The first-order chi connectivity index (χ1) is 21.7. The van der Waals surface area contributed by atoms with Crippen LogP contribution in [0.5, 0.6) is 5.75 Å². The van der Waals surface area contributed by atoms with E-state index in [1.807, 2.05) is 44.3 Å². The lowest BCUT2D eigenvalue weighted by molar-refractivity contribution is -0.137. The second kappa shape index (κ2) is 14.0. The number of amides is 1. The van der Waals surface area contributed by atoms with Crippen molar-refractivity contribution in [2.24, 2.45) is 5.92 Å². The van der Waals surface area contributed by atoms with E-state index in [4.69, 9.17) is 9.84 Å². The van der Waals surface area contributed by atoms with Gasteiger partial charge in [0.15, 0.2) is 0 Å². The minimum absolute atomic E-state index is 0.00186. The average Bonchev–Trinajstić information content (AvgIpc) is 3.43. The van der Waals surface area contributed by atoms with E-state index in [-0.39, 0.29) is 42.5 Å². The molecular formula is C37H34F2N2O4. The Kier molecular flexibility index (Phi) is 9.73. The van der Waals surface area contributed by atoms with Crippen molar-refractivity contribution in [1.82, 2.24) is 4.57 Å². The van der Waals surface area contributed by atoms with Crippen LogP contribution in [0.15, 0.2) is 109 Å². The summed E-state index contributed by atoms with van der Waals surface area (Å²) in [5, 5.41) is 12.7. The predicted molar refractivity (Wildman–Crippen MR) is 172 cm³/mol. The lowest BCUT2D eigenvalue weighted by Gasteiger charge is -2.22. The summed E-state index contributed by atoms with van der Waals surface area (Å²) in [6.45, 7) is 4.26. The average molecular weight is 609 g/mol. The first-order valence-corrected chi connectivity index (χ1v) is 14.8. The first kappa shape index (κ1) is 31.2. The quantitative estimate of drug-likeness (QED) is 0.110. The summed E-state index contributed by atoms with van der Waals surface area (Å²) in [6.07, 6.45) is 3.91. The third kappa shape index (κ3) is 7.65. The fourth-order valence-corrected chi connectivity index (χ4v) is 5.37. The number of aromatic nitrogens is 1. The number of hydrogen-bond acceptors (Lipinski definition) is 3.